The predicted molar refractivity (Wildman–Crippen MR) is 92.0 cm³/mol. The molecule has 126 valence electrons. The summed E-state index contributed by atoms with van der Waals surface area (Å²) in [5, 5.41) is 35.6. The van der Waals surface area contributed by atoms with Crippen LogP contribution in [0, 0.1) is 32.8 Å². The standard InChI is InChI=1S/C17H10N6O3/c18-8-11(16-14(9-19)17(20)22-21-16)7-13-4-5-15(26-13)10-2-1-3-12(6-10)23(24)25/h1-7H,(H3,20,21,22)/b11-7+. The summed E-state index contributed by atoms with van der Waals surface area (Å²) >= 11 is 0. The topological polar surface area (TPSA) is 159 Å². The molecule has 3 N–H and O–H groups in total. The number of aromatic amines is 1. The third-order valence-electron chi connectivity index (χ3n) is 3.55. The second-order valence-corrected chi connectivity index (χ2v) is 5.15. The number of nitro groups is 1. The van der Waals surface area contributed by atoms with Crippen LogP contribution in [0.15, 0.2) is 40.8 Å². The molecule has 0 saturated carbocycles. The summed E-state index contributed by atoms with van der Waals surface area (Å²) in [7, 11) is 0. The van der Waals surface area contributed by atoms with E-state index in [1.165, 1.54) is 18.2 Å². The molecular weight excluding hydrogens is 336 g/mol. The second-order valence-electron chi connectivity index (χ2n) is 5.15. The number of aromatic nitrogens is 2. The van der Waals surface area contributed by atoms with Crippen molar-refractivity contribution in [2.75, 3.05) is 5.73 Å². The number of nitrogens with zero attached hydrogens (tertiary/aromatic N) is 4. The SMILES string of the molecule is N#C/C(=C\c1ccc(-c2cccc([N+](=O)[O-])c2)o1)c1[nH]nc(N)c1C#N. The highest BCUT2D eigenvalue weighted by molar-refractivity contribution is 5.90. The van der Waals surface area contributed by atoms with Crippen molar-refractivity contribution in [3.63, 3.8) is 0 Å². The van der Waals surface area contributed by atoms with Crippen molar-refractivity contribution < 1.29 is 9.34 Å². The minimum atomic E-state index is -0.493. The first kappa shape index (κ1) is 16.5. The Bertz CT molecular complexity index is 1110. The number of anilines is 1. The number of non-ortho nitro benzene ring substituents is 1. The summed E-state index contributed by atoms with van der Waals surface area (Å²) in [5.41, 5.74) is 6.43. The van der Waals surface area contributed by atoms with Crippen LogP contribution in [0.1, 0.15) is 17.0 Å². The fourth-order valence-electron chi connectivity index (χ4n) is 2.32. The van der Waals surface area contributed by atoms with E-state index in [4.69, 9.17) is 15.4 Å². The molecule has 0 fully saturated rings. The lowest BCUT2D eigenvalue weighted by atomic mass is 10.1. The van der Waals surface area contributed by atoms with E-state index in [0.717, 1.165) is 0 Å². The van der Waals surface area contributed by atoms with Crippen molar-refractivity contribution in [3.8, 4) is 23.5 Å². The van der Waals surface area contributed by atoms with Gasteiger partial charge >= 0.3 is 0 Å². The summed E-state index contributed by atoms with van der Waals surface area (Å²) in [5.74, 6) is 0.738. The van der Waals surface area contributed by atoms with Crippen LogP contribution in [0.3, 0.4) is 0 Å². The van der Waals surface area contributed by atoms with Crippen molar-refractivity contribution in [2.24, 2.45) is 0 Å². The summed E-state index contributed by atoms with van der Waals surface area (Å²) in [6.07, 6.45) is 1.43. The van der Waals surface area contributed by atoms with E-state index in [9.17, 15) is 15.4 Å². The number of nitrogens with two attached hydrogens (primary N) is 1. The van der Waals surface area contributed by atoms with Crippen LogP contribution in [0.4, 0.5) is 11.5 Å². The first-order valence-electron chi connectivity index (χ1n) is 7.24. The first-order valence-corrected chi connectivity index (χ1v) is 7.24. The number of hydrogen-bond donors (Lipinski definition) is 2. The Balaban J connectivity index is 1.98. The monoisotopic (exact) mass is 346 g/mol. The average molecular weight is 346 g/mol. The number of nitrogens with one attached hydrogen (secondary N) is 1. The van der Waals surface area contributed by atoms with E-state index in [2.05, 4.69) is 10.2 Å². The highest BCUT2D eigenvalue weighted by Gasteiger charge is 2.15. The van der Waals surface area contributed by atoms with Crippen molar-refractivity contribution in [1.82, 2.24) is 10.2 Å². The van der Waals surface area contributed by atoms with Gasteiger partial charge in [-0.3, -0.25) is 15.2 Å². The minimum absolute atomic E-state index is 0.000351. The molecule has 0 aliphatic carbocycles. The minimum Gasteiger partial charge on any atom is -0.457 e. The number of benzene rings is 1. The molecule has 0 atom stereocenters. The number of allylic oxidation sites excluding steroid dienone is 1. The van der Waals surface area contributed by atoms with Crippen LogP contribution in [0.5, 0.6) is 0 Å². The fourth-order valence-corrected chi connectivity index (χ4v) is 2.32. The number of rotatable bonds is 4. The van der Waals surface area contributed by atoms with E-state index in [1.54, 1.807) is 24.3 Å². The van der Waals surface area contributed by atoms with Gasteiger partial charge in [-0.2, -0.15) is 15.6 Å². The number of H-pyrrole nitrogens is 1. The smallest absolute Gasteiger partial charge is 0.270 e. The Morgan fingerprint density at radius 1 is 1.35 bits per heavy atom. The van der Waals surface area contributed by atoms with Gasteiger partial charge in [0.15, 0.2) is 5.82 Å². The lowest BCUT2D eigenvalue weighted by molar-refractivity contribution is -0.384. The fraction of sp³-hybridized carbons (Fsp3) is 0. The van der Waals surface area contributed by atoms with Crippen molar-refractivity contribution in [1.29, 1.82) is 10.5 Å². The Hall–Kier alpha value is -4.37. The largest absolute Gasteiger partial charge is 0.457 e. The van der Waals surface area contributed by atoms with Gasteiger partial charge in [0.1, 0.15) is 29.2 Å². The molecule has 0 bridgehead atoms. The van der Waals surface area contributed by atoms with Gasteiger partial charge in [-0.25, -0.2) is 0 Å². The van der Waals surface area contributed by atoms with Crippen LogP contribution >= 0.6 is 0 Å². The molecule has 3 aromatic rings. The molecule has 2 heterocycles. The van der Waals surface area contributed by atoms with Crippen LogP contribution < -0.4 is 5.73 Å². The average Bonchev–Trinajstić information content (AvgIpc) is 3.26. The molecule has 26 heavy (non-hydrogen) atoms. The quantitative estimate of drug-likeness (QED) is 0.417. The summed E-state index contributed by atoms with van der Waals surface area (Å²) in [6, 6.07) is 13.1. The van der Waals surface area contributed by atoms with Crippen LogP contribution in [0.2, 0.25) is 0 Å². The summed E-state index contributed by atoms with van der Waals surface area (Å²) in [4.78, 5) is 10.4. The zero-order valence-electron chi connectivity index (χ0n) is 13.1. The highest BCUT2D eigenvalue weighted by atomic mass is 16.6. The highest BCUT2D eigenvalue weighted by Crippen LogP contribution is 2.28. The maximum Gasteiger partial charge on any atom is 0.270 e. The van der Waals surface area contributed by atoms with E-state index < -0.39 is 4.92 Å². The molecular formula is C17H10N6O3. The zero-order valence-corrected chi connectivity index (χ0v) is 13.1. The molecule has 1 aromatic carbocycles. The van der Waals surface area contributed by atoms with Gasteiger partial charge in [0.2, 0.25) is 0 Å². The number of nitriles is 2. The Kier molecular flexibility index (Phi) is 4.20. The van der Waals surface area contributed by atoms with Crippen LogP contribution in [0.25, 0.3) is 23.0 Å². The molecule has 0 saturated heterocycles. The van der Waals surface area contributed by atoms with Crippen molar-refractivity contribution in [3.05, 3.63) is 63.5 Å². The van der Waals surface area contributed by atoms with Crippen molar-refractivity contribution in [2.45, 2.75) is 0 Å². The number of furan rings is 1. The Morgan fingerprint density at radius 3 is 2.85 bits per heavy atom. The number of nitro benzene ring substituents is 1. The molecule has 2 aromatic heterocycles. The molecule has 0 amide bonds. The van der Waals surface area contributed by atoms with E-state index in [0.29, 0.717) is 17.1 Å². The number of hydrogen-bond acceptors (Lipinski definition) is 7. The number of nitrogen functional groups attached to an aromatic ring is 1. The first-order chi connectivity index (χ1) is 12.5. The summed E-state index contributed by atoms with van der Waals surface area (Å²) in [6.45, 7) is 0. The molecule has 0 radical (unpaired) electrons. The molecule has 9 nitrogen and oxygen atoms in total. The van der Waals surface area contributed by atoms with Gasteiger partial charge < -0.3 is 10.2 Å². The van der Waals surface area contributed by atoms with Gasteiger partial charge in [-0.15, -0.1) is 0 Å². The second kappa shape index (κ2) is 6.63. The lowest BCUT2D eigenvalue weighted by Gasteiger charge is -1.97. The van der Waals surface area contributed by atoms with Crippen LogP contribution in [-0.4, -0.2) is 15.1 Å². The van der Waals surface area contributed by atoms with Crippen molar-refractivity contribution >= 4 is 23.2 Å². The van der Waals surface area contributed by atoms with Gasteiger partial charge in [0, 0.05) is 23.8 Å². The zero-order chi connectivity index (χ0) is 18.7. The Morgan fingerprint density at radius 2 is 2.15 bits per heavy atom. The molecule has 9 heteroatoms. The van der Waals surface area contributed by atoms with Gasteiger partial charge in [-0.1, -0.05) is 12.1 Å². The molecule has 0 unspecified atom stereocenters. The molecule has 0 aliphatic heterocycles. The third-order valence-corrected chi connectivity index (χ3v) is 3.55. The third kappa shape index (κ3) is 3.00. The molecule has 0 spiro atoms. The molecule has 3 rings (SSSR count). The van der Waals surface area contributed by atoms with E-state index in [-0.39, 0.29) is 28.3 Å². The Labute approximate surface area is 146 Å². The van der Waals surface area contributed by atoms with Crippen LogP contribution in [-0.2, 0) is 0 Å². The van der Waals surface area contributed by atoms with Gasteiger partial charge in [0.25, 0.3) is 5.69 Å². The van der Waals surface area contributed by atoms with E-state index >= 15 is 0 Å². The van der Waals surface area contributed by atoms with Gasteiger partial charge in [0.05, 0.1) is 16.2 Å². The normalized spacial score (nSPS) is 10.9. The van der Waals surface area contributed by atoms with E-state index in [1.807, 2.05) is 12.1 Å². The lowest BCUT2D eigenvalue weighted by Crippen LogP contribution is -1.89. The maximum absolute atomic E-state index is 10.9. The summed E-state index contributed by atoms with van der Waals surface area (Å²) < 4.78 is 5.64. The molecule has 0 aliphatic rings. The predicted octanol–water partition coefficient (Wildman–Crippen LogP) is 3.10. The van der Waals surface area contributed by atoms with Gasteiger partial charge in [-0.05, 0) is 12.1 Å². The maximum atomic E-state index is 10.9.